The van der Waals surface area contributed by atoms with Crippen LogP contribution in [-0.2, 0) is 9.84 Å². The third-order valence-electron chi connectivity index (χ3n) is 2.53. The summed E-state index contributed by atoms with van der Waals surface area (Å²) in [6, 6.07) is 2.98. The molecule has 2 heterocycles. The van der Waals surface area contributed by atoms with Crippen molar-refractivity contribution in [2.75, 3.05) is 11.5 Å². The summed E-state index contributed by atoms with van der Waals surface area (Å²) < 4.78 is 27.5. The number of furan rings is 1. The first-order valence-corrected chi connectivity index (χ1v) is 6.86. The molecule has 5 nitrogen and oxygen atoms in total. The fourth-order valence-corrected chi connectivity index (χ4v) is 3.40. The van der Waals surface area contributed by atoms with Crippen LogP contribution < -0.4 is 5.32 Å². The van der Waals surface area contributed by atoms with Gasteiger partial charge in [-0.25, -0.2) is 8.42 Å². The Bertz CT molecular complexity index is 503. The van der Waals surface area contributed by atoms with E-state index in [4.69, 9.17) is 4.42 Å². The number of nitrogens with one attached hydrogen (secondary N) is 1. The summed E-state index contributed by atoms with van der Waals surface area (Å²) in [7, 11) is -2.96. The molecule has 0 saturated carbocycles. The first-order chi connectivity index (χ1) is 7.46. The maximum Gasteiger partial charge on any atom is 0.287 e. The summed E-state index contributed by atoms with van der Waals surface area (Å²) in [6.45, 7) is 1.75. The summed E-state index contributed by atoms with van der Waals surface area (Å²) in [5.41, 5.74) is 0. The molecule has 2 rings (SSSR count). The van der Waals surface area contributed by atoms with Gasteiger partial charge in [-0.15, -0.1) is 0 Å². The summed E-state index contributed by atoms with van der Waals surface area (Å²) in [5, 5.41) is 2.65. The van der Waals surface area contributed by atoms with E-state index in [1.807, 2.05) is 0 Å². The quantitative estimate of drug-likeness (QED) is 0.820. The number of amides is 1. The first kappa shape index (κ1) is 11.2. The van der Waals surface area contributed by atoms with Crippen molar-refractivity contribution < 1.29 is 17.6 Å². The summed E-state index contributed by atoms with van der Waals surface area (Å²) in [5.74, 6) is 0.703. The Hall–Kier alpha value is -1.30. The third-order valence-corrected chi connectivity index (χ3v) is 4.30. The van der Waals surface area contributed by atoms with E-state index in [0.717, 1.165) is 0 Å². The highest BCUT2D eigenvalue weighted by Gasteiger charge is 2.29. The van der Waals surface area contributed by atoms with E-state index >= 15 is 0 Å². The van der Waals surface area contributed by atoms with Gasteiger partial charge in [0.2, 0.25) is 0 Å². The van der Waals surface area contributed by atoms with Crippen molar-refractivity contribution in [2.45, 2.75) is 19.4 Å². The van der Waals surface area contributed by atoms with Crippen molar-refractivity contribution >= 4 is 15.7 Å². The van der Waals surface area contributed by atoms with Crippen LogP contribution in [-0.4, -0.2) is 31.9 Å². The van der Waals surface area contributed by atoms with Crippen molar-refractivity contribution in [3.8, 4) is 0 Å². The van der Waals surface area contributed by atoms with Crippen molar-refractivity contribution in [2.24, 2.45) is 0 Å². The topological polar surface area (TPSA) is 76.4 Å². The van der Waals surface area contributed by atoms with Crippen LogP contribution in [0.15, 0.2) is 16.5 Å². The lowest BCUT2D eigenvalue weighted by Crippen LogP contribution is -2.35. The van der Waals surface area contributed by atoms with Gasteiger partial charge in [0.1, 0.15) is 5.76 Å². The molecule has 0 radical (unpaired) electrons. The highest BCUT2D eigenvalue weighted by molar-refractivity contribution is 7.91. The highest BCUT2D eigenvalue weighted by atomic mass is 32.2. The number of rotatable bonds is 2. The molecule has 1 saturated heterocycles. The highest BCUT2D eigenvalue weighted by Crippen LogP contribution is 2.13. The van der Waals surface area contributed by atoms with Crippen LogP contribution in [0.2, 0.25) is 0 Å². The molecule has 1 aliphatic rings. The second-order valence-electron chi connectivity index (χ2n) is 3.98. The van der Waals surface area contributed by atoms with Crippen molar-refractivity contribution in [1.29, 1.82) is 0 Å². The molecule has 1 aliphatic heterocycles. The number of sulfone groups is 1. The van der Waals surface area contributed by atoms with Gasteiger partial charge in [0.15, 0.2) is 15.6 Å². The van der Waals surface area contributed by atoms with Crippen LogP contribution in [0.5, 0.6) is 0 Å². The molecule has 0 aliphatic carbocycles. The lowest BCUT2D eigenvalue weighted by atomic mass is 10.2. The molecule has 88 valence electrons. The molecule has 6 heteroatoms. The zero-order valence-corrected chi connectivity index (χ0v) is 9.71. The molecule has 1 fully saturated rings. The Labute approximate surface area is 93.7 Å². The Morgan fingerprint density at radius 3 is 2.75 bits per heavy atom. The van der Waals surface area contributed by atoms with Crippen LogP contribution in [0.4, 0.5) is 0 Å². The van der Waals surface area contributed by atoms with Crippen LogP contribution >= 0.6 is 0 Å². The van der Waals surface area contributed by atoms with E-state index < -0.39 is 9.84 Å². The van der Waals surface area contributed by atoms with Crippen molar-refractivity contribution in [3.63, 3.8) is 0 Å². The maximum absolute atomic E-state index is 11.6. The molecule has 0 aromatic carbocycles. The van der Waals surface area contributed by atoms with Gasteiger partial charge in [-0.3, -0.25) is 4.79 Å². The average Bonchev–Trinajstić information content (AvgIpc) is 2.73. The van der Waals surface area contributed by atoms with Gasteiger partial charge in [-0.05, 0) is 25.5 Å². The normalized spacial score (nSPS) is 23.2. The van der Waals surface area contributed by atoms with Gasteiger partial charge in [0, 0.05) is 6.04 Å². The van der Waals surface area contributed by atoms with Crippen LogP contribution in [0, 0.1) is 6.92 Å². The fourth-order valence-electron chi connectivity index (χ4n) is 1.72. The zero-order valence-electron chi connectivity index (χ0n) is 8.89. The number of carbonyl (C=O) groups excluding carboxylic acids is 1. The SMILES string of the molecule is Cc1ccc(C(=O)NC2CCS(=O)(=O)C2)o1. The molecule has 1 amide bonds. The Morgan fingerprint density at radius 2 is 2.25 bits per heavy atom. The second-order valence-corrected chi connectivity index (χ2v) is 6.21. The largest absolute Gasteiger partial charge is 0.456 e. The molecule has 0 spiro atoms. The van der Waals surface area contributed by atoms with E-state index in [0.29, 0.717) is 12.2 Å². The number of hydrogen-bond donors (Lipinski definition) is 1. The lowest BCUT2D eigenvalue weighted by molar-refractivity contribution is 0.0912. The van der Waals surface area contributed by atoms with Gasteiger partial charge >= 0.3 is 0 Å². The first-order valence-electron chi connectivity index (χ1n) is 5.04. The van der Waals surface area contributed by atoms with E-state index in [9.17, 15) is 13.2 Å². The Balaban J connectivity index is 1.99. The van der Waals surface area contributed by atoms with Crippen LogP contribution in [0.1, 0.15) is 22.7 Å². The minimum Gasteiger partial charge on any atom is -0.456 e. The van der Waals surface area contributed by atoms with Gasteiger partial charge in [0.25, 0.3) is 5.91 Å². The lowest BCUT2D eigenvalue weighted by Gasteiger charge is -2.08. The smallest absolute Gasteiger partial charge is 0.287 e. The minimum absolute atomic E-state index is 0.0262. The summed E-state index contributed by atoms with van der Waals surface area (Å²) in [6.07, 6.45) is 0.480. The molecule has 1 unspecified atom stereocenters. The molecule has 1 N–H and O–H groups in total. The van der Waals surface area contributed by atoms with E-state index in [1.165, 1.54) is 0 Å². The standard InChI is InChI=1S/C10H13NO4S/c1-7-2-3-9(15-7)10(12)11-8-4-5-16(13,14)6-8/h2-3,8H,4-6H2,1H3,(H,11,12). The Kier molecular flexibility index (Phi) is 2.75. The van der Waals surface area contributed by atoms with Crippen LogP contribution in [0.3, 0.4) is 0 Å². The monoisotopic (exact) mass is 243 g/mol. The van der Waals surface area contributed by atoms with E-state index in [-0.39, 0.29) is 29.2 Å². The van der Waals surface area contributed by atoms with Crippen molar-refractivity contribution in [3.05, 3.63) is 23.7 Å². The molecular formula is C10H13NO4S. The Morgan fingerprint density at radius 1 is 1.50 bits per heavy atom. The fraction of sp³-hybridized carbons (Fsp3) is 0.500. The zero-order chi connectivity index (χ0) is 11.8. The molecule has 1 atom stereocenters. The molecule has 16 heavy (non-hydrogen) atoms. The second kappa shape index (κ2) is 3.93. The number of aryl methyl sites for hydroxylation is 1. The van der Waals surface area contributed by atoms with E-state index in [1.54, 1.807) is 19.1 Å². The predicted molar refractivity (Wildman–Crippen MR) is 58.0 cm³/mol. The minimum atomic E-state index is -2.96. The van der Waals surface area contributed by atoms with Crippen LogP contribution in [0.25, 0.3) is 0 Å². The third kappa shape index (κ3) is 2.44. The molecular weight excluding hydrogens is 230 g/mol. The molecule has 0 bridgehead atoms. The number of hydrogen-bond acceptors (Lipinski definition) is 4. The average molecular weight is 243 g/mol. The predicted octanol–water partition coefficient (Wildman–Crippen LogP) is 0.505. The van der Waals surface area contributed by atoms with Gasteiger partial charge in [-0.1, -0.05) is 0 Å². The van der Waals surface area contributed by atoms with E-state index in [2.05, 4.69) is 5.32 Å². The number of carbonyl (C=O) groups is 1. The van der Waals surface area contributed by atoms with Crippen molar-refractivity contribution in [1.82, 2.24) is 5.32 Å². The summed E-state index contributed by atoms with van der Waals surface area (Å²) in [4.78, 5) is 11.6. The summed E-state index contributed by atoms with van der Waals surface area (Å²) >= 11 is 0. The molecule has 1 aromatic rings. The maximum atomic E-state index is 11.6. The van der Waals surface area contributed by atoms with Gasteiger partial charge < -0.3 is 9.73 Å². The molecule has 1 aromatic heterocycles. The van der Waals surface area contributed by atoms with Gasteiger partial charge in [0.05, 0.1) is 11.5 Å². The van der Waals surface area contributed by atoms with Gasteiger partial charge in [-0.2, -0.15) is 0 Å².